The molecule has 8 nitrogen and oxygen atoms in total. The second kappa shape index (κ2) is 9.91. The molecule has 3 amide bonds. The number of allylic oxidation sites excluding steroid dienone is 2. The van der Waals surface area contributed by atoms with E-state index in [1.807, 2.05) is 35.7 Å². The third-order valence-corrected chi connectivity index (χ3v) is 8.42. The first-order chi connectivity index (χ1) is 18.8. The number of hydrogen-bond acceptors (Lipinski definition) is 5. The zero-order chi connectivity index (χ0) is 29.0. The average Bonchev–Trinajstić information content (AvgIpc) is 3.61. The number of rotatable bonds is 5. The summed E-state index contributed by atoms with van der Waals surface area (Å²) in [6, 6.07) is 5.83. The van der Waals surface area contributed by atoms with E-state index in [1.54, 1.807) is 27.0 Å². The summed E-state index contributed by atoms with van der Waals surface area (Å²) in [6.07, 6.45) is 2.94. The molecular formula is C29H30F3N5O3. The zero-order valence-corrected chi connectivity index (χ0v) is 22.3. The van der Waals surface area contributed by atoms with Gasteiger partial charge < -0.3 is 15.5 Å². The van der Waals surface area contributed by atoms with Crippen molar-refractivity contribution in [3.05, 3.63) is 54.4 Å². The summed E-state index contributed by atoms with van der Waals surface area (Å²) >= 11 is 0. The minimum Gasteiger partial charge on any atom is -0.336 e. The molecule has 1 saturated carbocycles. The van der Waals surface area contributed by atoms with Crippen molar-refractivity contribution >= 4 is 28.5 Å². The number of aromatic nitrogens is 1. The van der Waals surface area contributed by atoms with Crippen LogP contribution in [-0.4, -0.2) is 52.4 Å². The Morgan fingerprint density at radius 2 is 1.77 bits per heavy atom. The van der Waals surface area contributed by atoms with Crippen molar-refractivity contribution in [2.45, 2.75) is 51.5 Å². The van der Waals surface area contributed by atoms with Crippen molar-refractivity contribution in [2.75, 3.05) is 6.54 Å². The number of carbonyl (C=O) groups excluding carboxylic acids is 3. The van der Waals surface area contributed by atoms with E-state index in [-0.39, 0.29) is 30.2 Å². The van der Waals surface area contributed by atoms with Gasteiger partial charge >= 0.3 is 12.1 Å². The normalized spacial score (nSPS) is 26.7. The molecule has 1 aliphatic heterocycles. The number of nitriles is 1. The molecule has 2 heterocycles. The molecule has 1 aromatic carbocycles. The van der Waals surface area contributed by atoms with Crippen LogP contribution in [0.5, 0.6) is 0 Å². The van der Waals surface area contributed by atoms with Gasteiger partial charge in [-0.2, -0.15) is 18.4 Å². The maximum atomic E-state index is 13.9. The molecule has 210 valence electrons. The third-order valence-electron chi connectivity index (χ3n) is 8.42. The van der Waals surface area contributed by atoms with Crippen LogP contribution in [0.3, 0.4) is 0 Å². The van der Waals surface area contributed by atoms with Gasteiger partial charge in [-0.15, -0.1) is 0 Å². The van der Waals surface area contributed by atoms with E-state index in [1.165, 1.54) is 11.1 Å². The Hall–Kier alpha value is -3.94. The molecule has 6 unspecified atom stereocenters. The standard InChI is InChI=1S/C29H30F3N5O3/c1-28(2,3)24(36-27(40)29(30,31)32)26(39)37-14-20-15-8-9-16(10-15)22(20)23(37)25(38)35-21(11-33)19-13-34-12-17-6-4-5-7-18(17)19/h4-9,12-13,15-16,20-24H,10,14H2,1-3H3,(H,35,38)(H,36,40)/t15?,16?,20?,21?,22?,23?,24-/m1/s1. The highest BCUT2D eigenvalue weighted by atomic mass is 19.4. The molecule has 2 bridgehead atoms. The Kier molecular flexibility index (Phi) is 6.84. The van der Waals surface area contributed by atoms with Crippen LogP contribution in [0.25, 0.3) is 10.8 Å². The largest absolute Gasteiger partial charge is 0.471 e. The highest BCUT2D eigenvalue weighted by molar-refractivity contribution is 5.95. The molecule has 2 N–H and O–H groups in total. The number of carbonyl (C=O) groups is 3. The van der Waals surface area contributed by atoms with Crippen molar-refractivity contribution in [1.82, 2.24) is 20.5 Å². The van der Waals surface area contributed by atoms with Crippen LogP contribution in [0.1, 0.15) is 38.8 Å². The van der Waals surface area contributed by atoms with Crippen LogP contribution in [0.2, 0.25) is 0 Å². The Morgan fingerprint density at radius 3 is 2.45 bits per heavy atom. The number of nitrogens with one attached hydrogen (secondary N) is 2. The Morgan fingerprint density at radius 1 is 1.07 bits per heavy atom. The summed E-state index contributed by atoms with van der Waals surface area (Å²) in [4.78, 5) is 45.2. The minimum atomic E-state index is -5.17. The molecule has 5 rings (SSSR count). The maximum Gasteiger partial charge on any atom is 0.471 e. The van der Waals surface area contributed by atoms with Gasteiger partial charge in [0.2, 0.25) is 11.8 Å². The minimum absolute atomic E-state index is 0.0289. The molecule has 11 heteroatoms. The number of halogens is 3. The summed E-state index contributed by atoms with van der Waals surface area (Å²) < 4.78 is 39.5. The Labute approximate surface area is 229 Å². The Bertz CT molecular complexity index is 1420. The van der Waals surface area contributed by atoms with Gasteiger partial charge in [0.25, 0.3) is 0 Å². The van der Waals surface area contributed by atoms with Gasteiger partial charge in [0.05, 0.1) is 6.07 Å². The smallest absolute Gasteiger partial charge is 0.336 e. The molecule has 40 heavy (non-hydrogen) atoms. The topological polar surface area (TPSA) is 115 Å². The maximum absolute atomic E-state index is 13.9. The van der Waals surface area contributed by atoms with Gasteiger partial charge in [0.1, 0.15) is 18.1 Å². The lowest BCUT2D eigenvalue weighted by Crippen LogP contribution is -2.60. The number of fused-ring (bicyclic) bond motifs is 6. The van der Waals surface area contributed by atoms with Gasteiger partial charge in [0.15, 0.2) is 0 Å². The number of pyridine rings is 1. The van der Waals surface area contributed by atoms with Gasteiger partial charge in [-0.05, 0) is 40.9 Å². The van der Waals surface area contributed by atoms with E-state index < -0.39 is 47.4 Å². The number of nitrogens with zero attached hydrogens (tertiary/aromatic N) is 3. The summed E-state index contributed by atoms with van der Waals surface area (Å²) in [6.45, 7) is 4.85. The lowest BCUT2D eigenvalue weighted by atomic mass is 9.81. The number of alkyl halides is 3. The quantitative estimate of drug-likeness (QED) is 0.549. The number of amides is 3. The molecule has 2 fully saturated rings. The van der Waals surface area contributed by atoms with E-state index in [0.717, 1.165) is 17.2 Å². The van der Waals surface area contributed by atoms with Crippen molar-refractivity contribution in [2.24, 2.45) is 29.1 Å². The summed E-state index contributed by atoms with van der Waals surface area (Å²) in [7, 11) is 0. The SMILES string of the molecule is CC(C)(C)[C@H](NC(=O)C(F)(F)F)C(=O)N1CC2C3C=CC(C3)C2C1C(=O)NC(C#N)c1cncc2ccccc12. The third kappa shape index (κ3) is 4.80. The zero-order valence-electron chi connectivity index (χ0n) is 22.3. The lowest BCUT2D eigenvalue weighted by Gasteiger charge is -2.37. The molecule has 0 radical (unpaired) electrons. The van der Waals surface area contributed by atoms with Crippen LogP contribution >= 0.6 is 0 Å². The van der Waals surface area contributed by atoms with Crippen LogP contribution in [-0.2, 0) is 14.4 Å². The first-order valence-electron chi connectivity index (χ1n) is 13.2. The highest BCUT2D eigenvalue weighted by Crippen LogP contribution is 2.54. The van der Waals surface area contributed by atoms with Crippen LogP contribution in [0.15, 0.2) is 48.8 Å². The van der Waals surface area contributed by atoms with Crippen LogP contribution < -0.4 is 10.6 Å². The molecule has 0 spiro atoms. The predicted octanol–water partition coefficient (Wildman–Crippen LogP) is 3.66. The molecule has 7 atom stereocenters. The monoisotopic (exact) mass is 553 g/mol. The molecule has 3 aliphatic rings. The summed E-state index contributed by atoms with van der Waals surface area (Å²) in [5.41, 5.74) is -0.572. The fraction of sp³-hybridized carbons (Fsp3) is 0.483. The van der Waals surface area contributed by atoms with Crippen molar-refractivity contribution in [3.8, 4) is 6.07 Å². The fourth-order valence-electron chi connectivity index (χ4n) is 6.58. The molecule has 2 aliphatic carbocycles. The van der Waals surface area contributed by atoms with Crippen LogP contribution in [0.4, 0.5) is 13.2 Å². The van der Waals surface area contributed by atoms with Crippen molar-refractivity contribution in [1.29, 1.82) is 5.26 Å². The first kappa shape index (κ1) is 27.6. The fourth-order valence-corrected chi connectivity index (χ4v) is 6.58. The molecule has 1 saturated heterocycles. The van der Waals surface area contributed by atoms with E-state index in [2.05, 4.69) is 22.4 Å². The summed E-state index contributed by atoms with van der Waals surface area (Å²) in [5, 5.41) is 16.2. The second-order valence-electron chi connectivity index (χ2n) is 11.9. The van der Waals surface area contributed by atoms with Crippen molar-refractivity contribution in [3.63, 3.8) is 0 Å². The molecule has 1 aromatic heterocycles. The van der Waals surface area contributed by atoms with Gasteiger partial charge in [-0.1, -0.05) is 57.2 Å². The second-order valence-corrected chi connectivity index (χ2v) is 11.9. The highest BCUT2D eigenvalue weighted by Gasteiger charge is 2.59. The first-order valence-corrected chi connectivity index (χ1v) is 13.2. The lowest BCUT2D eigenvalue weighted by molar-refractivity contribution is -0.176. The number of benzene rings is 1. The van der Waals surface area contributed by atoms with Crippen molar-refractivity contribution < 1.29 is 27.6 Å². The number of likely N-dealkylation sites (tertiary alicyclic amines) is 1. The number of hydrogen-bond donors (Lipinski definition) is 2. The Balaban J connectivity index is 1.47. The van der Waals surface area contributed by atoms with Crippen LogP contribution in [0, 0.1) is 40.4 Å². The molecule has 2 aromatic rings. The average molecular weight is 554 g/mol. The van der Waals surface area contributed by atoms with E-state index in [4.69, 9.17) is 0 Å². The van der Waals surface area contributed by atoms with Gasteiger partial charge in [-0.25, -0.2) is 0 Å². The van der Waals surface area contributed by atoms with Gasteiger partial charge in [-0.3, -0.25) is 19.4 Å². The predicted molar refractivity (Wildman–Crippen MR) is 139 cm³/mol. The summed E-state index contributed by atoms with van der Waals surface area (Å²) in [5.74, 6) is -3.64. The van der Waals surface area contributed by atoms with E-state index >= 15 is 0 Å². The van der Waals surface area contributed by atoms with E-state index in [9.17, 15) is 32.8 Å². The molecular weight excluding hydrogens is 523 g/mol. The van der Waals surface area contributed by atoms with Gasteiger partial charge in [0, 0.05) is 29.9 Å². The van der Waals surface area contributed by atoms with E-state index in [0.29, 0.717) is 5.56 Å².